The Balaban J connectivity index is 2.40. The quantitative estimate of drug-likeness (QED) is 0.849. The topological polar surface area (TPSA) is 66.6 Å². The van der Waals surface area contributed by atoms with Crippen molar-refractivity contribution in [2.45, 2.75) is 23.8 Å². The van der Waals surface area contributed by atoms with Gasteiger partial charge in [-0.1, -0.05) is 0 Å². The van der Waals surface area contributed by atoms with Crippen molar-refractivity contribution in [2.75, 3.05) is 32.9 Å². The third kappa shape index (κ3) is 3.17. The summed E-state index contributed by atoms with van der Waals surface area (Å²) in [6, 6.07) is 1.15. The molecule has 0 saturated carbocycles. The highest BCUT2D eigenvalue weighted by atomic mass is 32.2. The Morgan fingerprint density at radius 3 is 2.62 bits per heavy atom. The molecular formula is C13H19F2N3O2S. The number of likely N-dealkylation sites (N-methyl/N-ethyl adjacent to an activating group) is 1. The van der Waals surface area contributed by atoms with Crippen molar-refractivity contribution < 1.29 is 17.2 Å². The normalized spacial score (nSPS) is 20.3. The van der Waals surface area contributed by atoms with Gasteiger partial charge in [-0.3, -0.25) is 0 Å². The number of halogens is 2. The van der Waals surface area contributed by atoms with Crippen LogP contribution in [0.1, 0.15) is 12.8 Å². The lowest BCUT2D eigenvalue weighted by molar-refractivity contribution is 0.290. The van der Waals surface area contributed by atoms with Crippen LogP contribution in [-0.2, 0) is 10.0 Å². The summed E-state index contributed by atoms with van der Waals surface area (Å²) in [4.78, 5) is 1.32. The van der Waals surface area contributed by atoms with Crippen molar-refractivity contribution in [3.8, 4) is 0 Å². The van der Waals surface area contributed by atoms with E-state index in [1.54, 1.807) is 0 Å². The largest absolute Gasteiger partial charge is 0.396 e. The summed E-state index contributed by atoms with van der Waals surface area (Å²) in [7, 11) is -0.325. The number of hydrogen-bond acceptors (Lipinski definition) is 4. The summed E-state index contributed by atoms with van der Waals surface area (Å²) in [5.41, 5.74) is 4.99. The molecule has 1 saturated heterocycles. The lowest BCUT2D eigenvalue weighted by Gasteiger charge is -2.26. The lowest BCUT2D eigenvalue weighted by Crippen LogP contribution is -2.41. The molecule has 1 fully saturated rings. The number of nitrogens with two attached hydrogens (primary N) is 1. The maximum Gasteiger partial charge on any atom is 0.246 e. The SMILES string of the molecule is CN(C)CC1CCCN1S(=O)(=O)c1cc(N)c(F)cc1F. The van der Waals surface area contributed by atoms with E-state index in [-0.39, 0.29) is 11.7 Å². The van der Waals surface area contributed by atoms with E-state index < -0.39 is 26.6 Å². The van der Waals surface area contributed by atoms with Crippen LogP contribution in [0.15, 0.2) is 17.0 Å². The van der Waals surface area contributed by atoms with Crippen molar-refractivity contribution in [2.24, 2.45) is 0 Å². The second-order valence-corrected chi connectivity index (χ2v) is 7.34. The monoisotopic (exact) mass is 319 g/mol. The zero-order valence-corrected chi connectivity index (χ0v) is 12.8. The average molecular weight is 319 g/mol. The number of rotatable bonds is 4. The van der Waals surface area contributed by atoms with Gasteiger partial charge in [-0.2, -0.15) is 4.31 Å². The fourth-order valence-electron chi connectivity index (χ4n) is 2.60. The Morgan fingerprint density at radius 1 is 1.33 bits per heavy atom. The average Bonchev–Trinajstić information content (AvgIpc) is 2.81. The Labute approximate surface area is 123 Å². The van der Waals surface area contributed by atoms with Crippen molar-refractivity contribution in [1.82, 2.24) is 9.21 Å². The molecule has 2 rings (SSSR count). The Hall–Kier alpha value is -1.25. The summed E-state index contributed by atoms with van der Waals surface area (Å²) in [5, 5.41) is 0. The van der Waals surface area contributed by atoms with Crippen LogP contribution in [0.2, 0.25) is 0 Å². The Morgan fingerprint density at radius 2 is 2.00 bits per heavy atom. The van der Waals surface area contributed by atoms with E-state index in [1.807, 2.05) is 19.0 Å². The van der Waals surface area contributed by atoms with Gasteiger partial charge in [0.15, 0.2) is 0 Å². The highest BCUT2D eigenvalue weighted by molar-refractivity contribution is 7.89. The van der Waals surface area contributed by atoms with E-state index in [0.29, 0.717) is 19.2 Å². The van der Waals surface area contributed by atoms with E-state index in [2.05, 4.69) is 0 Å². The smallest absolute Gasteiger partial charge is 0.246 e. The van der Waals surface area contributed by atoms with Gasteiger partial charge in [0.2, 0.25) is 10.0 Å². The fraction of sp³-hybridized carbons (Fsp3) is 0.538. The van der Waals surface area contributed by atoms with Crippen LogP contribution >= 0.6 is 0 Å². The van der Waals surface area contributed by atoms with E-state index in [1.165, 1.54) is 4.31 Å². The molecule has 1 unspecified atom stereocenters. The minimum atomic E-state index is -4.02. The van der Waals surface area contributed by atoms with E-state index in [9.17, 15) is 17.2 Å². The molecule has 1 aliphatic heterocycles. The molecule has 1 aliphatic rings. The summed E-state index contributed by atoms with van der Waals surface area (Å²) < 4.78 is 53.5. The molecule has 5 nitrogen and oxygen atoms in total. The van der Waals surface area contributed by atoms with E-state index in [4.69, 9.17) is 5.73 Å². The zero-order valence-electron chi connectivity index (χ0n) is 12.0. The second-order valence-electron chi connectivity index (χ2n) is 5.48. The molecule has 0 aliphatic carbocycles. The van der Waals surface area contributed by atoms with Gasteiger partial charge in [0, 0.05) is 25.2 Å². The molecule has 1 aromatic rings. The molecule has 0 radical (unpaired) electrons. The first-order chi connectivity index (χ1) is 9.73. The first-order valence-electron chi connectivity index (χ1n) is 6.64. The Kier molecular flexibility index (Phi) is 4.50. The standard InChI is InChI=1S/C13H19F2N3O2S/c1-17(2)8-9-4-3-5-18(9)21(19,20)13-7-12(16)10(14)6-11(13)15/h6-7,9H,3-5,8,16H2,1-2H3. The van der Waals surface area contributed by atoms with Crippen LogP contribution in [0.4, 0.5) is 14.5 Å². The zero-order chi connectivity index (χ0) is 15.8. The van der Waals surface area contributed by atoms with E-state index in [0.717, 1.165) is 18.9 Å². The van der Waals surface area contributed by atoms with Crippen molar-refractivity contribution >= 4 is 15.7 Å². The maximum atomic E-state index is 13.9. The number of nitrogens with zero attached hydrogens (tertiary/aromatic N) is 2. The highest BCUT2D eigenvalue weighted by Crippen LogP contribution is 2.29. The molecule has 1 heterocycles. The van der Waals surface area contributed by atoms with E-state index >= 15 is 0 Å². The third-order valence-corrected chi connectivity index (χ3v) is 5.50. The summed E-state index contributed by atoms with van der Waals surface area (Å²) in [5.74, 6) is -2.07. The molecule has 0 aromatic heterocycles. The molecule has 118 valence electrons. The molecule has 0 bridgehead atoms. The van der Waals surface area contributed by atoms with Gasteiger partial charge >= 0.3 is 0 Å². The highest BCUT2D eigenvalue weighted by Gasteiger charge is 2.37. The van der Waals surface area contributed by atoms with Crippen LogP contribution in [0.3, 0.4) is 0 Å². The predicted octanol–water partition coefficient (Wildman–Crippen LogP) is 1.26. The maximum absolute atomic E-state index is 13.9. The van der Waals surface area contributed by atoms with Crippen LogP contribution in [0.25, 0.3) is 0 Å². The fourth-order valence-corrected chi connectivity index (χ4v) is 4.37. The first-order valence-corrected chi connectivity index (χ1v) is 8.08. The van der Waals surface area contributed by atoms with Crippen LogP contribution < -0.4 is 5.73 Å². The number of hydrogen-bond donors (Lipinski definition) is 1. The van der Waals surface area contributed by atoms with Gasteiger partial charge in [-0.05, 0) is 33.0 Å². The minimum Gasteiger partial charge on any atom is -0.396 e. The summed E-state index contributed by atoms with van der Waals surface area (Å²) in [6.07, 6.45) is 1.44. The summed E-state index contributed by atoms with van der Waals surface area (Å²) >= 11 is 0. The molecule has 2 N–H and O–H groups in total. The van der Waals surface area contributed by atoms with Crippen LogP contribution in [0.5, 0.6) is 0 Å². The molecule has 1 aromatic carbocycles. The van der Waals surface area contributed by atoms with Gasteiger partial charge < -0.3 is 10.6 Å². The van der Waals surface area contributed by atoms with Crippen molar-refractivity contribution in [3.05, 3.63) is 23.8 Å². The molecule has 0 amide bonds. The number of sulfonamides is 1. The van der Waals surface area contributed by atoms with Gasteiger partial charge in [-0.25, -0.2) is 17.2 Å². The van der Waals surface area contributed by atoms with Gasteiger partial charge in [0.1, 0.15) is 16.5 Å². The predicted molar refractivity (Wildman–Crippen MR) is 76.2 cm³/mol. The van der Waals surface area contributed by atoms with Gasteiger partial charge in [-0.15, -0.1) is 0 Å². The number of anilines is 1. The van der Waals surface area contributed by atoms with Crippen LogP contribution in [-0.4, -0.2) is 50.8 Å². The number of benzene rings is 1. The first kappa shape index (κ1) is 16.1. The van der Waals surface area contributed by atoms with Gasteiger partial charge in [0.25, 0.3) is 0 Å². The van der Waals surface area contributed by atoms with Crippen LogP contribution in [0, 0.1) is 11.6 Å². The number of nitrogen functional groups attached to an aromatic ring is 1. The Bertz CT molecular complexity index is 635. The van der Waals surface area contributed by atoms with Crippen molar-refractivity contribution in [3.63, 3.8) is 0 Å². The minimum absolute atomic E-state index is 0.212. The molecule has 8 heteroatoms. The lowest BCUT2D eigenvalue weighted by atomic mass is 10.2. The third-order valence-electron chi connectivity index (χ3n) is 3.54. The second kappa shape index (κ2) is 5.86. The van der Waals surface area contributed by atoms with Crippen molar-refractivity contribution in [1.29, 1.82) is 0 Å². The molecule has 1 atom stereocenters. The molecule has 0 spiro atoms. The van der Waals surface area contributed by atoms with Gasteiger partial charge in [0.05, 0.1) is 5.69 Å². The molecule has 21 heavy (non-hydrogen) atoms. The summed E-state index contributed by atoms with van der Waals surface area (Å²) in [6.45, 7) is 0.884. The molecular weight excluding hydrogens is 300 g/mol.